The third-order valence-electron chi connectivity index (χ3n) is 3.87. The summed E-state index contributed by atoms with van der Waals surface area (Å²) in [6, 6.07) is 8.12. The van der Waals surface area contributed by atoms with E-state index in [1.54, 1.807) is 0 Å². The number of benzene rings is 1. The van der Waals surface area contributed by atoms with Crippen LogP contribution in [0.4, 0.5) is 0 Å². The molecular formula is C15H20ClNO2. The molecule has 2 fully saturated rings. The standard InChI is InChI=1S/C15H20ClNO2/c16-14-5-1-3-12(9-14)10-17-6-2-4-13(11-17)15-18-7-8-19-15/h1,3,5,9,13,15H,2,4,6-8,10-11H2. The van der Waals surface area contributed by atoms with Gasteiger partial charge in [0.25, 0.3) is 0 Å². The van der Waals surface area contributed by atoms with Crippen LogP contribution in [0.2, 0.25) is 5.02 Å². The first-order valence-electron chi connectivity index (χ1n) is 7.01. The molecule has 3 nitrogen and oxygen atoms in total. The molecule has 2 heterocycles. The predicted molar refractivity (Wildman–Crippen MR) is 75.1 cm³/mol. The summed E-state index contributed by atoms with van der Waals surface area (Å²) in [5, 5.41) is 0.813. The van der Waals surface area contributed by atoms with Crippen molar-refractivity contribution in [2.75, 3.05) is 26.3 Å². The second-order valence-electron chi connectivity index (χ2n) is 5.38. The Bertz CT molecular complexity index is 420. The molecule has 0 N–H and O–H groups in total. The van der Waals surface area contributed by atoms with Crippen molar-refractivity contribution >= 4 is 11.6 Å². The van der Waals surface area contributed by atoms with Crippen molar-refractivity contribution < 1.29 is 9.47 Å². The van der Waals surface area contributed by atoms with Crippen molar-refractivity contribution in [1.29, 1.82) is 0 Å². The molecule has 0 radical (unpaired) electrons. The van der Waals surface area contributed by atoms with Gasteiger partial charge in [-0.15, -0.1) is 0 Å². The molecule has 1 aromatic carbocycles. The van der Waals surface area contributed by atoms with Gasteiger partial charge >= 0.3 is 0 Å². The highest BCUT2D eigenvalue weighted by atomic mass is 35.5. The van der Waals surface area contributed by atoms with Crippen molar-refractivity contribution in [2.24, 2.45) is 5.92 Å². The van der Waals surface area contributed by atoms with Gasteiger partial charge in [0.1, 0.15) is 0 Å². The van der Waals surface area contributed by atoms with E-state index in [9.17, 15) is 0 Å². The molecular weight excluding hydrogens is 262 g/mol. The van der Waals surface area contributed by atoms with Crippen LogP contribution >= 0.6 is 11.6 Å². The highest BCUT2D eigenvalue weighted by Crippen LogP contribution is 2.26. The first kappa shape index (κ1) is 13.4. The number of nitrogens with zero attached hydrogens (tertiary/aromatic N) is 1. The highest BCUT2D eigenvalue weighted by molar-refractivity contribution is 6.30. The van der Waals surface area contributed by atoms with Crippen LogP contribution in [-0.2, 0) is 16.0 Å². The fourth-order valence-electron chi connectivity index (χ4n) is 3.00. The van der Waals surface area contributed by atoms with E-state index in [2.05, 4.69) is 11.0 Å². The van der Waals surface area contributed by atoms with Gasteiger partial charge in [-0.05, 0) is 37.1 Å². The van der Waals surface area contributed by atoms with Gasteiger partial charge in [-0.2, -0.15) is 0 Å². The fourth-order valence-corrected chi connectivity index (χ4v) is 3.21. The quantitative estimate of drug-likeness (QED) is 0.850. The summed E-state index contributed by atoms with van der Waals surface area (Å²) in [5.41, 5.74) is 1.28. The van der Waals surface area contributed by atoms with Crippen molar-refractivity contribution in [2.45, 2.75) is 25.7 Å². The van der Waals surface area contributed by atoms with E-state index in [0.717, 1.165) is 37.9 Å². The molecule has 1 atom stereocenters. The van der Waals surface area contributed by atoms with Gasteiger partial charge in [0.15, 0.2) is 6.29 Å². The molecule has 0 aromatic heterocycles. The van der Waals surface area contributed by atoms with E-state index in [1.165, 1.54) is 18.4 Å². The summed E-state index contributed by atoms with van der Waals surface area (Å²) >= 11 is 6.04. The summed E-state index contributed by atoms with van der Waals surface area (Å²) in [5.74, 6) is 0.510. The predicted octanol–water partition coefficient (Wildman–Crippen LogP) is 2.92. The monoisotopic (exact) mass is 281 g/mol. The lowest BCUT2D eigenvalue weighted by Crippen LogP contribution is -2.40. The molecule has 0 amide bonds. The topological polar surface area (TPSA) is 21.7 Å². The normalized spacial score (nSPS) is 25.8. The summed E-state index contributed by atoms with van der Waals surface area (Å²) in [7, 11) is 0. The number of ether oxygens (including phenoxy) is 2. The molecule has 0 bridgehead atoms. The van der Waals surface area contributed by atoms with Crippen molar-refractivity contribution in [3.63, 3.8) is 0 Å². The molecule has 4 heteroatoms. The van der Waals surface area contributed by atoms with E-state index < -0.39 is 0 Å². The van der Waals surface area contributed by atoms with E-state index in [-0.39, 0.29) is 6.29 Å². The maximum atomic E-state index is 6.04. The Labute approximate surface area is 119 Å². The van der Waals surface area contributed by atoms with E-state index in [0.29, 0.717) is 5.92 Å². The molecule has 1 aromatic rings. The van der Waals surface area contributed by atoms with Gasteiger partial charge in [0, 0.05) is 24.0 Å². The van der Waals surface area contributed by atoms with Gasteiger partial charge in [-0.1, -0.05) is 23.7 Å². The van der Waals surface area contributed by atoms with Crippen LogP contribution in [-0.4, -0.2) is 37.5 Å². The summed E-state index contributed by atoms with van der Waals surface area (Å²) in [6.07, 6.45) is 2.44. The molecule has 2 saturated heterocycles. The second-order valence-corrected chi connectivity index (χ2v) is 5.81. The Balaban J connectivity index is 1.58. The maximum absolute atomic E-state index is 6.04. The molecule has 1 unspecified atom stereocenters. The first-order chi connectivity index (χ1) is 9.31. The molecule has 2 aliphatic rings. The summed E-state index contributed by atoms with van der Waals surface area (Å²) in [4.78, 5) is 2.48. The number of piperidine rings is 1. The SMILES string of the molecule is Clc1cccc(CN2CCCC(C3OCCO3)C2)c1. The second kappa shape index (κ2) is 6.23. The zero-order chi connectivity index (χ0) is 13.1. The number of hydrogen-bond donors (Lipinski definition) is 0. The molecule has 0 spiro atoms. The molecule has 19 heavy (non-hydrogen) atoms. The zero-order valence-electron chi connectivity index (χ0n) is 11.1. The Kier molecular flexibility index (Phi) is 4.38. The van der Waals surface area contributed by atoms with Gasteiger partial charge in [-0.3, -0.25) is 4.90 Å². The van der Waals surface area contributed by atoms with Crippen LogP contribution in [0.3, 0.4) is 0 Å². The minimum Gasteiger partial charge on any atom is -0.350 e. The number of rotatable bonds is 3. The smallest absolute Gasteiger partial charge is 0.161 e. The van der Waals surface area contributed by atoms with E-state index in [4.69, 9.17) is 21.1 Å². The van der Waals surface area contributed by atoms with Crippen molar-refractivity contribution in [3.8, 4) is 0 Å². The molecule has 0 saturated carbocycles. The highest BCUT2D eigenvalue weighted by Gasteiger charge is 2.30. The molecule has 2 aliphatic heterocycles. The van der Waals surface area contributed by atoms with Crippen molar-refractivity contribution in [3.05, 3.63) is 34.9 Å². The Morgan fingerprint density at radius 1 is 1.26 bits per heavy atom. The van der Waals surface area contributed by atoms with Crippen molar-refractivity contribution in [1.82, 2.24) is 4.90 Å². The number of likely N-dealkylation sites (tertiary alicyclic amines) is 1. The van der Waals surface area contributed by atoms with Crippen LogP contribution in [0.25, 0.3) is 0 Å². The van der Waals surface area contributed by atoms with Gasteiger partial charge in [0.2, 0.25) is 0 Å². The van der Waals surface area contributed by atoms with Gasteiger partial charge in [0.05, 0.1) is 13.2 Å². The largest absolute Gasteiger partial charge is 0.350 e. The molecule has 3 rings (SSSR count). The minimum atomic E-state index is 0.0159. The van der Waals surface area contributed by atoms with E-state index in [1.807, 2.05) is 18.2 Å². The lowest BCUT2D eigenvalue weighted by molar-refractivity contribution is -0.101. The Morgan fingerprint density at radius 3 is 2.89 bits per heavy atom. The fraction of sp³-hybridized carbons (Fsp3) is 0.600. The number of hydrogen-bond acceptors (Lipinski definition) is 3. The van der Waals surface area contributed by atoms with Crippen LogP contribution in [0, 0.1) is 5.92 Å². The summed E-state index contributed by atoms with van der Waals surface area (Å²) in [6.45, 7) is 4.65. The third-order valence-corrected chi connectivity index (χ3v) is 4.10. The van der Waals surface area contributed by atoms with Gasteiger partial charge in [-0.25, -0.2) is 0 Å². The molecule has 104 valence electrons. The first-order valence-corrected chi connectivity index (χ1v) is 7.39. The maximum Gasteiger partial charge on any atom is 0.161 e. The lowest BCUT2D eigenvalue weighted by Gasteiger charge is -2.34. The third kappa shape index (κ3) is 3.48. The average Bonchev–Trinajstić information content (AvgIpc) is 2.93. The van der Waals surface area contributed by atoms with Crippen LogP contribution in [0.5, 0.6) is 0 Å². The zero-order valence-corrected chi connectivity index (χ0v) is 11.8. The Hall–Kier alpha value is -0.610. The number of halogens is 1. The van der Waals surface area contributed by atoms with E-state index >= 15 is 0 Å². The minimum absolute atomic E-state index is 0.0159. The lowest BCUT2D eigenvalue weighted by atomic mass is 9.97. The van der Waals surface area contributed by atoms with Gasteiger partial charge < -0.3 is 9.47 Å². The van der Waals surface area contributed by atoms with Crippen LogP contribution in [0.15, 0.2) is 24.3 Å². The average molecular weight is 282 g/mol. The summed E-state index contributed by atoms with van der Waals surface area (Å²) < 4.78 is 11.3. The van der Waals surface area contributed by atoms with Crippen LogP contribution < -0.4 is 0 Å². The molecule has 0 aliphatic carbocycles. The Morgan fingerprint density at radius 2 is 2.11 bits per heavy atom. The van der Waals surface area contributed by atoms with Crippen LogP contribution in [0.1, 0.15) is 18.4 Å².